The predicted octanol–water partition coefficient (Wildman–Crippen LogP) is 1.11. The summed E-state index contributed by atoms with van der Waals surface area (Å²) < 4.78 is 32.7. The van der Waals surface area contributed by atoms with E-state index in [0.717, 1.165) is 0 Å². The predicted molar refractivity (Wildman–Crippen MR) is 87.9 cm³/mol. The van der Waals surface area contributed by atoms with Crippen molar-refractivity contribution in [2.24, 2.45) is 11.3 Å². The molecule has 1 N–H and O–H groups in total. The number of nitrogens with one attached hydrogen (secondary N) is 1. The van der Waals surface area contributed by atoms with Crippen LogP contribution in [0.2, 0.25) is 0 Å². The van der Waals surface area contributed by atoms with Crippen LogP contribution in [0.4, 0.5) is 0 Å². The van der Waals surface area contributed by atoms with E-state index in [9.17, 15) is 18.9 Å². The smallest absolute Gasteiger partial charge is 0.332 e. The van der Waals surface area contributed by atoms with E-state index in [1.54, 1.807) is 20.8 Å². The molecule has 1 rings (SSSR count). The largest absolute Gasteiger partial charge is 0.469 e. The van der Waals surface area contributed by atoms with Gasteiger partial charge in [-0.2, -0.15) is 0 Å². The van der Waals surface area contributed by atoms with Gasteiger partial charge in [0.25, 0.3) is 0 Å². The lowest BCUT2D eigenvalue weighted by Crippen LogP contribution is -2.50. The Kier molecular flexibility index (Phi) is 7.59. The van der Waals surface area contributed by atoms with Crippen molar-refractivity contribution in [2.75, 3.05) is 33.5 Å². The highest BCUT2D eigenvalue weighted by Gasteiger charge is 2.48. The first kappa shape index (κ1) is 21.6. The number of esters is 2. The highest BCUT2D eigenvalue weighted by molar-refractivity contribution is 7.54. The Bertz CT molecular complexity index is 562. The topological polar surface area (TPSA) is 117 Å². The van der Waals surface area contributed by atoms with Crippen LogP contribution in [0.25, 0.3) is 0 Å². The van der Waals surface area contributed by atoms with Crippen LogP contribution in [0, 0.1) is 11.3 Å². The summed E-state index contributed by atoms with van der Waals surface area (Å²) in [6.07, 6.45) is -1.19. The zero-order valence-electron chi connectivity index (χ0n) is 15.2. The maximum atomic E-state index is 12.8. The fraction of sp³-hybridized carbons (Fsp3) is 0.800. The minimum Gasteiger partial charge on any atom is -0.469 e. The number of carbonyl (C=O) groups is 3. The van der Waals surface area contributed by atoms with E-state index in [1.165, 1.54) is 14.2 Å². The minimum atomic E-state index is -3.64. The van der Waals surface area contributed by atoms with Crippen LogP contribution < -0.4 is 5.32 Å². The Morgan fingerprint density at radius 1 is 1.28 bits per heavy atom. The Hall–Kier alpha value is -1.44. The molecule has 0 aliphatic carbocycles. The molecule has 1 unspecified atom stereocenters. The molecule has 10 heteroatoms. The van der Waals surface area contributed by atoms with Crippen molar-refractivity contribution in [1.82, 2.24) is 5.32 Å². The molecule has 9 nitrogen and oxygen atoms in total. The molecule has 1 saturated heterocycles. The number of hydrogen-bond donors (Lipinski definition) is 1. The van der Waals surface area contributed by atoms with Gasteiger partial charge in [-0.15, -0.1) is 0 Å². The average molecular weight is 379 g/mol. The van der Waals surface area contributed by atoms with Gasteiger partial charge in [-0.25, -0.2) is 0 Å². The van der Waals surface area contributed by atoms with Crippen molar-refractivity contribution in [3.05, 3.63) is 0 Å². The number of methoxy groups -OCH3 is 2. The monoisotopic (exact) mass is 379 g/mol. The summed E-state index contributed by atoms with van der Waals surface area (Å²) in [5.41, 5.74) is -0.724. The molecule has 25 heavy (non-hydrogen) atoms. The van der Waals surface area contributed by atoms with Crippen LogP contribution in [0.3, 0.4) is 0 Å². The second kappa shape index (κ2) is 8.78. The molecule has 0 spiro atoms. The standard InChI is InChI=1S/C15H26NO8P/c1-10(14(19)22-5)8-25(20)23-9-15(2,3)12(24-25)13(18)16-7-6-11(17)21-4/h10,12H,6-9H2,1-5H3,(H,16,18)/t10-,12+,25?/m1/s1. The molecular formula is C15H26NO8P. The van der Waals surface area contributed by atoms with Crippen molar-refractivity contribution in [3.63, 3.8) is 0 Å². The fourth-order valence-corrected chi connectivity index (χ4v) is 4.57. The van der Waals surface area contributed by atoms with Crippen LogP contribution in [0.5, 0.6) is 0 Å². The van der Waals surface area contributed by atoms with Gasteiger partial charge in [0.15, 0.2) is 6.10 Å². The summed E-state index contributed by atoms with van der Waals surface area (Å²) in [5, 5.41) is 2.57. The Morgan fingerprint density at radius 3 is 2.48 bits per heavy atom. The first-order valence-corrected chi connectivity index (χ1v) is 9.62. The molecule has 3 atom stereocenters. The van der Waals surface area contributed by atoms with Crippen LogP contribution in [-0.2, 0) is 37.5 Å². The normalized spacial score (nSPS) is 26.4. The number of carbonyl (C=O) groups excluding carboxylic acids is 3. The van der Waals surface area contributed by atoms with Crippen molar-refractivity contribution >= 4 is 25.4 Å². The van der Waals surface area contributed by atoms with Crippen LogP contribution in [0.1, 0.15) is 27.2 Å². The van der Waals surface area contributed by atoms with Gasteiger partial charge in [0, 0.05) is 12.0 Å². The maximum Gasteiger partial charge on any atom is 0.332 e. The van der Waals surface area contributed by atoms with E-state index < -0.39 is 42.9 Å². The average Bonchev–Trinajstić information content (AvgIpc) is 2.56. The molecule has 1 aliphatic rings. The second-order valence-electron chi connectivity index (χ2n) is 6.58. The number of amides is 1. The van der Waals surface area contributed by atoms with Gasteiger partial charge >= 0.3 is 19.5 Å². The third-order valence-electron chi connectivity index (χ3n) is 3.80. The first-order chi connectivity index (χ1) is 11.5. The van der Waals surface area contributed by atoms with Gasteiger partial charge in [0.1, 0.15) is 0 Å². The summed E-state index contributed by atoms with van der Waals surface area (Å²) in [5.74, 6) is -2.18. The molecule has 1 heterocycles. The SMILES string of the molecule is COC(=O)CCNC(=O)[C@@H]1OP(=O)(C[C@@H](C)C(=O)OC)OCC1(C)C. The summed E-state index contributed by atoms with van der Waals surface area (Å²) in [7, 11) is -1.15. The lowest BCUT2D eigenvalue weighted by molar-refractivity contribution is -0.144. The summed E-state index contributed by atoms with van der Waals surface area (Å²) in [4.78, 5) is 35.0. The Morgan fingerprint density at radius 2 is 1.92 bits per heavy atom. The maximum absolute atomic E-state index is 12.8. The first-order valence-electron chi connectivity index (χ1n) is 7.89. The van der Waals surface area contributed by atoms with E-state index in [-0.39, 0.29) is 25.7 Å². The summed E-state index contributed by atoms with van der Waals surface area (Å²) >= 11 is 0. The zero-order chi connectivity index (χ0) is 19.3. The minimum absolute atomic E-state index is 0.0168. The van der Waals surface area contributed by atoms with Gasteiger partial charge in [-0.3, -0.25) is 23.5 Å². The third kappa shape index (κ3) is 6.09. The van der Waals surface area contributed by atoms with Gasteiger partial charge in [0.05, 0.1) is 39.3 Å². The Balaban J connectivity index is 2.75. The van der Waals surface area contributed by atoms with E-state index in [0.29, 0.717) is 0 Å². The van der Waals surface area contributed by atoms with Crippen LogP contribution >= 0.6 is 7.60 Å². The molecule has 0 bridgehead atoms. The van der Waals surface area contributed by atoms with Crippen molar-refractivity contribution < 1.29 is 37.5 Å². The second-order valence-corrected chi connectivity index (χ2v) is 8.64. The lowest BCUT2D eigenvalue weighted by atomic mass is 9.87. The van der Waals surface area contributed by atoms with Gasteiger partial charge in [0.2, 0.25) is 5.91 Å². The van der Waals surface area contributed by atoms with E-state index in [2.05, 4.69) is 14.8 Å². The molecular weight excluding hydrogens is 353 g/mol. The highest BCUT2D eigenvalue weighted by atomic mass is 31.2. The van der Waals surface area contributed by atoms with Crippen molar-refractivity contribution in [1.29, 1.82) is 0 Å². The molecule has 1 fully saturated rings. The molecule has 1 aliphatic heterocycles. The van der Waals surface area contributed by atoms with Crippen molar-refractivity contribution in [2.45, 2.75) is 33.3 Å². The van der Waals surface area contributed by atoms with Gasteiger partial charge in [-0.05, 0) is 0 Å². The molecule has 144 valence electrons. The Labute approximate surface area is 147 Å². The summed E-state index contributed by atoms with van der Waals surface area (Å²) in [6, 6.07) is 0. The van der Waals surface area contributed by atoms with E-state index in [1.807, 2.05) is 0 Å². The van der Waals surface area contributed by atoms with E-state index >= 15 is 0 Å². The molecule has 0 aromatic rings. The number of rotatable bonds is 7. The van der Waals surface area contributed by atoms with Crippen LogP contribution in [0.15, 0.2) is 0 Å². The summed E-state index contributed by atoms with van der Waals surface area (Å²) in [6.45, 7) is 5.14. The van der Waals surface area contributed by atoms with Gasteiger partial charge in [-0.1, -0.05) is 20.8 Å². The molecule has 0 aromatic heterocycles. The van der Waals surface area contributed by atoms with Crippen molar-refractivity contribution in [3.8, 4) is 0 Å². The molecule has 0 saturated carbocycles. The number of hydrogen-bond acceptors (Lipinski definition) is 8. The lowest BCUT2D eigenvalue weighted by Gasteiger charge is -2.40. The molecule has 0 aromatic carbocycles. The molecule has 0 radical (unpaired) electrons. The van der Waals surface area contributed by atoms with E-state index in [4.69, 9.17) is 9.05 Å². The number of ether oxygens (including phenoxy) is 2. The third-order valence-corrected chi connectivity index (χ3v) is 5.85. The molecule has 1 amide bonds. The highest BCUT2D eigenvalue weighted by Crippen LogP contribution is 2.57. The zero-order valence-corrected chi connectivity index (χ0v) is 16.1. The van der Waals surface area contributed by atoms with Crippen LogP contribution in [-0.4, -0.2) is 57.5 Å². The fourth-order valence-electron chi connectivity index (χ4n) is 2.27. The van der Waals surface area contributed by atoms with Gasteiger partial charge < -0.3 is 19.3 Å². The quantitative estimate of drug-likeness (QED) is 0.516.